The number of aryl methyl sites for hydroxylation is 1. The molecule has 2 aromatic rings. The summed E-state index contributed by atoms with van der Waals surface area (Å²) in [5.74, 6) is 0.240. The first-order valence-electron chi connectivity index (χ1n) is 5.28. The summed E-state index contributed by atoms with van der Waals surface area (Å²) in [7, 11) is 0. The highest BCUT2D eigenvalue weighted by atomic mass is 19.1. The molecule has 0 saturated carbocycles. The second kappa shape index (κ2) is 4.93. The lowest BCUT2D eigenvalue weighted by molar-refractivity contribution is 0.434. The van der Waals surface area contributed by atoms with Crippen LogP contribution in [0.25, 0.3) is 0 Å². The second-order valence-electron chi connectivity index (χ2n) is 3.67. The molecule has 0 fully saturated rings. The highest BCUT2D eigenvalue weighted by Crippen LogP contribution is 2.27. The van der Waals surface area contributed by atoms with E-state index in [-0.39, 0.29) is 12.3 Å². The molecule has 0 bridgehead atoms. The van der Waals surface area contributed by atoms with Crippen LogP contribution < -0.4 is 10.5 Å². The lowest BCUT2D eigenvalue weighted by Crippen LogP contribution is -2.01. The second-order valence-corrected chi connectivity index (χ2v) is 3.67. The van der Waals surface area contributed by atoms with E-state index in [1.54, 1.807) is 30.5 Å². The topological polar surface area (TPSA) is 48.1 Å². The standard InChI is InChI=1S/C13H13FN2O/c1-9-5-6-11(8-16-9)17-13-10(7-15)3-2-4-12(13)14/h2-6,8H,7,15H2,1H3. The number of para-hydroxylation sites is 1. The van der Waals surface area contributed by atoms with Crippen LogP contribution in [-0.4, -0.2) is 4.98 Å². The normalized spacial score (nSPS) is 10.3. The SMILES string of the molecule is Cc1ccc(Oc2c(F)cccc2CN)cn1. The average molecular weight is 232 g/mol. The number of halogens is 1. The molecule has 0 aliphatic rings. The number of hydrogen-bond donors (Lipinski definition) is 1. The molecule has 88 valence electrons. The molecule has 0 unspecified atom stereocenters. The molecule has 1 heterocycles. The van der Waals surface area contributed by atoms with Crippen LogP contribution >= 0.6 is 0 Å². The van der Waals surface area contributed by atoms with Crippen molar-refractivity contribution in [1.29, 1.82) is 0 Å². The number of nitrogens with zero attached hydrogens (tertiary/aromatic N) is 1. The molecular formula is C13H13FN2O. The predicted octanol–water partition coefficient (Wildman–Crippen LogP) is 2.78. The molecular weight excluding hydrogens is 219 g/mol. The van der Waals surface area contributed by atoms with Crippen molar-refractivity contribution in [3.8, 4) is 11.5 Å². The van der Waals surface area contributed by atoms with E-state index in [9.17, 15) is 4.39 Å². The molecule has 0 spiro atoms. The molecule has 0 saturated heterocycles. The van der Waals surface area contributed by atoms with Gasteiger partial charge in [-0.3, -0.25) is 4.98 Å². The number of ether oxygens (including phenoxy) is 1. The van der Waals surface area contributed by atoms with E-state index in [1.165, 1.54) is 6.07 Å². The first kappa shape index (κ1) is 11.5. The van der Waals surface area contributed by atoms with Crippen LogP contribution in [-0.2, 0) is 6.54 Å². The monoisotopic (exact) mass is 232 g/mol. The first-order valence-corrected chi connectivity index (χ1v) is 5.28. The van der Waals surface area contributed by atoms with Gasteiger partial charge in [-0.25, -0.2) is 4.39 Å². The van der Waals surface area contributed by atoms with Gasteiger partial charge in [0.1, 0.15) is 5.75 Å². The summed E-state index contributed by atoms with van der Waals surface area (Å²) < 4.78 is 19.1. The molecule has 0 radical (unpaired) electrons. The number of hydrogen-bond acceptors (Lipinski definition) is 3. The van der Waals surface area contributed by atoms with Crippen molar-refractivity contribution in [1.82, 2.24) is 4.98 Å². The van der Waals surface area contributed by atoms with Crippen LogP contribution in [0.3, 0.4) is 0 Å². The third-order valence-corrected chi connectivity index (χ3v) is 2.37. The minimum atomic E-state index is -0.423. The summed E-state index contributed by atoms with van der Waals surface area (Å²) in [6, 6.07) is 8.24. The summed E-state index contributed by atoms with van der Waals surface area (Å²) in [5, 5.41) is 0. The van der Waals surface area contributed by atoms with Crippen LogP contribution in [0.1, 0.15) is 11.3 Å². The van der Waals surface area contributed by atoms with Crippen molar-refractivity contribution < 1.29 is 9.13 Å². The molecule has 1 aromatic carbocycles. The fraction of sp³-hybridized carbons (Fsp3) is 0.154. The summed E-state index contributed by atoms with van der Waals surface area (Å²) in [4.78, 5) is 4.08. The van der Waals surface area contributed by atoms with Gasteiger partial charge in [0, 0.05) is 17.8 Å². The smallest absolute Gasteiger partial charge is 0.167 e. The zero-order chi connectivity index (χ0) is 12.3. The van der Waals surface area contributed by atoms with E-state index in [2.05, 4.69) is 4.98 Å². The zero-order valence-corrected chi connectivity index (χ0v) is 9.48. The lowest BCUT2D eigenvalue weighted by Gasteiger charge is -2.10. The predicted molar refractivity (Wildman–Crippen MR) is 63.3 cm³/mol. The molecule has 1 aromatic heterocycles. The fourth-order valence-electron chi connectivity index (χ4n) is 1.46. The van der Waals surface area contributed by atoms with Crippen molar-refractivity contribution in [2.45, 2.75) is 13.5 Å². The summed E-state index contributed by atoms with van der Waals surface area (Å²) >= 11 is 0. The Hall–Kier alpha value is -1.94. The minimum Gasteiger partial charge on any atom is -0.452 e. The maximum absolute atomic E-state index is 13.6. The van der Waals surface area contributed by atoms with E-state index in [0.29, 0.717) is 11.3 Å². The van der Waals surface area contributed by atoms with Crippen LogP contribution in [0.2, 0.25) is 0 Å². The molecule has 3 nitrogen and oxygen atoms in total. The van der Waals surface area contributed by atoms with Gasteiger partial charge in [0.15, 0.2) is 11.6 Å². The number of aromatic nitrogens is 1. The van der Waals surface area contributed by atoms with Gasteiger partial charge < -0.3 is 10.5 Å². The van der Waals surface area contributed by atoms with Gasteiger partial charge in [-0.1, -0.05) is 12.1 Å². The molecule has 0 aliphatic heterocycles. The van der Waals surface area contributed by atoms with Gasteiger partial charge in [0.2, 0.25) is 0 Å². The van der Waals surface area contributed by atoms with Crippen LogP contribution in [0, 0.1) is 12.7 Å². The maximum atomic E-state index is 13.6. The minimum absolute atomic E-state index is 0.167. The third kappa shape index (κ3) is 2.60. The fourth-order valence-corrected chi connectivity index (χ4v) is 1.46. The van der Waals surface area contributed by atoms with E-state index in [0.717, 1.165) is 5.69 Å². The summed E-state index contributed by atoms with van der Waals surface area (Å²) in [5.41, 5.74) is 7.04. The molecule has 17 heavy (non-hydrogen) atoms. The highest BCUT2D eigenvalue weighted by Gasteiger charge is 2.09. The number of benzene rings is 1. The van der Waals surface area contributed by atoms with Crippen LogP contribution in [0.4, 0.5) is 4.39 Å². The zero-order valence-electron chi connectivity index (χ0n) is 9.48. The Bertz CT molecular complexity index is 511. The number of rotatable bonds is 3. The van der Waals surface area contributed by atoms with Gasteiger partial charge >= 0.3 is 0 Å². The number of pyridine rings is 1. The van der Waals surface area contributed by atoms with E-state index in [1.807, 2.05) is 6.92 Å². The van der Waals surface area contributed by atoms with E-state index in [4.69, 9.17) is 10.5 Å². The largest absolute Gasteiger partial charge is 0.452 e. The van der Waals surface area contributed by atoms with Gasteiger partial charge in [0.25, 0.3) is 0 Å². The molecule has 0 amide bonds. The van der Waals surface area contributed by atoms with Gasteiger partial charge in [0.05, 0.1) is 6.20 Å². The summed E-state index contributed by atoms with van der Waals surface area (Å²) in [6.45, 7) is 2.10. The Morgan fingerprint density at radius 1 is 1.29 bits per heavy atom. The number of nitrogens with two attached hydrogens (primary N) is 1. The molecule has 0 atom stereocenters. The molecule has 4 heteroatoms. The Morgan fingerprint density at radius 2 is 2.12 bits per heavy atom. The van der Waals surface area contributed by atoms with E-state index < -0.39 is 5.82 Å². The van der Waals surface area contributed by atoms with Crippen LogP contribution in [0.5, 0.6) is 11.5 Å². The van der Waals surface area contributed by atoms with Crippen LogP contribution in [0.15, 0.2) is 36.5 Å². The summed E-state index contributed by atoms with van der Waals surface area (Å²) in [6.07, 6.45) is 1.56. The Balaban J connectivity index is 2.32. The van der Waals surface area contributed by atoms with Crippen molar-refractivity contribution in [3.05, 3.63) is 53.6 Å². The highest BCUT2D eigenvalue weighted by molar-refractivity contribution is 5.38. The molecule has 2 rings (SSSR count). The third-order valence-electron chi connectivity index (χ3n) is 2.37. The Labute approximate surface area is 99.1 Å². The molecule has 0 aliphatic carbocycles. The maximum Gasteiger partial charge on any atom is 0.167 e. The van der Waals surface area contributed by atoms with Crippen molar-refractivity contribution >= 4 is 0 Å². The van der Waals surface area contributed by atoms with Gasteiger partial charge in [-0.05, 0) is 25.1 Å². The van der Waals surface area contributed by atoms with Crippen molar-refractivity contribution in [2.24, 2.45) is 5.73 Å². The van der Waals surface area contributed by atoms with Crippen molar-refractivity contribution in [2.75, 3.05) is 0 Å². The first-order chi connectivity index (χ1) is 8.20. The Morgan fingerprint density at radius 3 is 2.76 bits per heavy atom. The Kier molecular flexibility index (Phi) is 3.35. The quantitative estimate of drug-likeness (QED) is 0.885. The van der Waals surface area contributed by atoms with E-state index >= 15 is 0 Å². The van der Waals surface area contributed by atoms with Gasteiger partial charge in [-0.2, -0.15) is 0 Å². The average Bonchev–Trinajstić information content (AvgIpc) is 2.34. The van der Waals surface area contributed by atoms with Crippen molar-refractivity contribution in [3.63, 3.8) is 0 Å². The lowest BCUT2D eigenvalue weighted by atomic mass is 10.2. The van der Waals surface area contributed by atoms with Gasteiger partial charge in [-0.15, -0.1) is 0 Å². The molecule has 2 N–H and O–H groups in total.